The van der Waals surface area contributed by atoms with E-state index in [1.165, 1.54) is 12.1 Å². The summed E-state index contributed by atoms with van der Waals surface area (Å²) in [6.07, 6.45) is 1.13. The average Bonchev–Trinajstić information content (AvgIpc) is 2.43. The molecule has 2 rings (SSSR count). The van der Waals surface area contributed by atoms with E-state index in [9.17, 15) is 15.3 Å². The predicted molar refractivity (Wildman–Crippen MR) is 73.0 cm³/mol. The summed E-state index contributed by atoms with van der Waals surface area (Å²) in [7, 11) is 0. The predicted octanol–water partition coefficient (Wildman–Crippen LogP) is 2.80. The lowest BCUT2D eigenvalue weighted by Crippen LogP contribution is -2.01. The summed E-state index contributed by atoms with van der Waals surface area (Å²) in [5, 5.41) is 36.3. The quantitative estimate of drug-likeness (QED) is 0.502. The van der Waals surface area contributed by atoms with E-state index in [2.05, 4.69) is 0 Å². The smallest absolute Gasteiger partial charge is 0.200 e. The molecule has 0 fully saturated rings. The van der Waals surface area contributed by atoms with Gasteiger partial charge in [-0.2, -0.15) is 0 Å². The van der Waals surface area contributed by atoms with E-state index >= 15 is 0 Å². The van der Waals surface area contributed by atoms with Crippen LogP contribution in [0.5, 0.6) is 17.2 Å². The van der Waals surface area contributed by atoms with Gasteiger partial charge in [-0.05, 0) is 30.5 Å². The van der Waals surface area contributed by atoms with Crippen LogP contribution in [0.1, 0.15) is 17.5 Å². The Balaban J connectivity index is 2.11. The standard InChI is InChI=1S/C15H15NO3/c16-12(8-6-10-4-2-1-3-5-10)11-7-9-13(17)15(19)14(11)18/h1-5,7,9,16-19H,6,8H2. The molecule has 19 heavy (non-hydrogen) atoms. The van der Waals surface area contributed by atoms with Gasteiger partial charge in [0.2, 0.25) is 5.75 Å². The highest BCUT2D eigenvalue weighted by Gasteiger charge is 2.14. The fourth-order valence-electron chi connectivity index (χ4n) is 1.86. The molecule has 0 aromatic heterocycles. The molecule has 0 heterocycles. The molecule has 4 nitrogen and oxygen atoms in total. The molecule has 0 aliphatic heterocycles. The van der Waals surface area contributed by atoms with E-state index in [-0.39, 0.29) is 11.3 Å². The minimum absolute atomic E-state index is 0.219. The van der Waals surface area contributed by atoms with Crippen molar-refractivity contribution in [3.63, 3.8) is 0 Å². The van der Waals surface area contributed by atoms with Crippen LogP contribution >= 0.6 is 0 Å². The molecule has 0 saturated carbocycles. The van der Waals surface area contributed by atoms with Crippen molar-refractivity contribution in [2.45, 2.75) is 12.8 Å². The Morgan fingerprint density at radius 1 is 0.895 bits per heavy atom. The molecule has 0 saturated heterocycles. The van der Waals surface area contributed by atoms with Crippen LogP contribution in [0.3, 0.4) is 0 Å². The Labute approximate surface area is 111 Å². The second-order valence-electron chi connectivity index (χ2n) is 4.29. The minimum atomic E-state index is -0.582. The van der Waals surface area contributed by atoms with Gasteiger partial charge in [0.15, 0.2) is 11.5 Å². The maximum absolute atomic E-state index is 9.70. The summed E-state index contributed by atoms with van der Waals surface area (Å²) < 4.78 is 0. The maximum Gasteiger partial charge on any atom is 0.200 e. The lowest BCUT2D eigenvalue weighted by atomic mass is 10.0. The number of rotatable bonds is 4. The number of hydrogen-bond donors (Lipinski definition) is 4. The molecule has 4 heteroatoms. The summed E-state index contributed by atoms with van der Waals surface area (Å²) in [6, 6.07) is 12.4. The Kier molecular flexibility index (Phi) is 3.71. The van der Waals surface area contributed by atoms with E-state index in [0.717, 1.165) is 5.56 Å². The van der Waals surface area contributed by atoms with Crippen molar-refractivity contribution in [3.8, 4) is 17.2 Å². The van der Waals surface area contributed by atoms with Gasteiger partial charge >= 0.3 is 0 Å². The number of benzene rings is 2. The molecule has 0 spiro atoms. The van der Waals surface area contributed by atoms with Crippen molar-refractivity contribution < 1.29 is 15.3 Å². The highest BCUT2D eigenvalue weighted by Crippen LogP contribution is 2.37. The monoisotopic (exact) mass is 257 g/mol. The Morgan fingerprint density at radius 3 is 2.26 bits per heavy atom. The first kappa shape index (κ1) is 13.0. The number of hydrogen-bond acceptors (Lipinski definition) is 4. The van der Waals surface area contributed by atoms with Gasteiger partial charge in [-0.1, -0.05) is 30.3 Å². The normalized spacial score (nSPS) is 10.3. The summed E-state index contributed by atoms with van der Waals surface area (Å²) in [6.45, 7) is 0. The van der Waals surface area contributed by atoms with Crippen LogP contribution < -0.4 is 0 Å². The van der Waals surface area contributed by atoms with Crippen molar-refractivity contribution in [3.05, 3.63) is 53.6 Å². The van der Waals surface area contributed by atoms with Crippen molar-refractivity contribution in [2.24, 2.45) is 0 Å². The van der Waals surface area contributed by atoms with Gasteiger partial charge in [0.1, 0.15) is 0 Å². The number of phenols is 3. The van der Waals surface area contributed by atoms with Gasteiger partial charge in [-0.25, -0.2) is 0 Å². The molecule has 0 unspecified atom stereocenters. The highest BCUT2D eigenvalue weighted by atomic mass is 16.3. The van der Waals surface area contributed by atoms with E-state index in [0.29, 0.717) is 12.8 Å². The fraction of sp³-hybridized carbons (Fsp3) is 0.133. The van der Waals surface area contributed by atoms with Crippen molar-refractivity contribution in [1.29, 1.82) is 5.41 Å². The molecular formula is C15H15NO3. The summed E-state index contributed by atoms with van der Waals surface area (Å²) >= 11 is 0. The molecule has 2 aromatic carbocycles. The zero-order valence-electron chi connectivity index (χ0n) is 10.3. The molecule has 0 amide bonds. The molecule has 4 N–H and O–H groups in total. The first-order chi connectivity index (χ1) is 9.09. The van der Waals surface area contributed by atoms with E-state index < -0.39 is 17.2 Å². The Morgan fingerprint density at radius 2 is 1.58 bits per heavy atom. The number of nitrogens with one attached hydrogen (secondary N) is 1. The maximum atomic E-state index is 9.70. The second kappa shape index (κ2) is 5.44. The van der Waals surface area contributed by atoms with Crippen molar-refractivity contribution in [1.82, 2.24) is 0 Å². The van der Waals surface area contributed by atoms with Crippen LogP contribution in [0.2, 0.25) is 0 Å². The van der Waals surface area contributed by atoms with Crippen LogP contribution in [0.15, 0.2) is 42.5 Å². The van der Waals surface area contributed by atoms with Gasteiger partial charge in [0.25, 0.3) is 0 Å². The van der Waals surface area contributed by atoms with Crippen LogP contribution in [0.4, 0.5) is 0 Å². The van der Waals surface area contributed by atoms with Crippen LogP contribution in [0.25, 0.3) is 0 Å². The molecule has 0 aliphatic carbocycles. The Bertz CT molecular complexity index is 594. The largest absolute Gasteiger partial charge is 0.504 e. The van der Waals surface area contributed by atoms with Gasteiger partial charge in [-0.15, -0.1) is 0 Å². The topological polar surface area (TPSA) is 84.5 Å². The van der Waals surface area contributed by atoms with Gasteiger partial charge in [-0.3, -0.25) is 0 Å². The zero-order chi connectivity index (χ0) is 13.8. The van der Waals surface area contributed by atoms with Crippen LogP contribution in [0, 0.1) is 5.41 Å². The van der Waals surface area contributed by atoms with Crippen LogP contribution in [-0.2, 0) is 6.42 Å². The lowest BCUT2D eigenvalue weighted by Gasteiger charge is -2.09. The van der Waals surface area contributed by atoms with E-state index in [1.54, 1.807) is 0 Å². The molecule has 0 aliphatic rings. The zero-order valence-corrected chi connectivity index (χ0v) is 10.3. The third kappa shape index (κ3) is 2.85. The van der Waals surface area contributed by atoms with Gasteiger partial charge < -0.3 is 20.7 Å². The van der Waals surface area contributed by atoms with Crippen LogP contribution in [-0.4, -0.2) is 21.0 Å². The van der Waals surface area contributed by atoms with Crippen molar-refractivity contribution in [2.75, 3.05) is 0 Å². The first-order valence-electron chi connectivity index (χ1n) is 5.95. The molecule has 0 bridgehead atoms. The molecular weight excluding hydrogens is 242 g/mol. The molecule has 2 aromatic rings. The number of phenolic OH excluding ortho intramolecular Hbond substituents is 3. The fourth-order valence-corrected chi connectivity index (χ4v) is 1.86. The summed E-state index contributed by atoms with van der Waals surface area (Å²) in [5.74, 6) is -1.42. The van der Waals surface area contributed by atoms with E-state index in [1.807, 2.05) is 30.3 Å². The summed E-state index contributed by atoms with van der Waals surface area (Å²) in [4.78, 5) is 0. The minimum Gasteiger partial charge on any atom is -0.504 e. The molecule has 0 radical (unpaired) electrons. The van der Waals surface area contributed by atoms with Gasteiger partial charge in [0, 0.05) is 11.3 Å². The van der Waals surface area contributed by atoms with Gasteiger partial charge in [0.05, 0.1) is 0 Å². The third-order valence-electron chi connectivity index (χ3n) is 2.96. The third-order valence-corrected chi connectivity index (χ3v) is 2.96. The number of aromatic hydroxyl groups is 3. The van der Waals surface area contributed by atoms with Crippen molar-refractivity contribution >= 4 is 5.71 Å². The van der Waals surface area contributed by atoms with E-state index in [4.69, 9.17) is 5.41 Å². The number of aryl methyl sites for hydroxylation is 1. The SMILES string of the molecule is N=C(CCc1ccccc1)c1ccc(O)c(O)c1O. The average molecular weight is 257 g/mol. The lowest BCUT2D eigenvalue weighted by molar-refractivity contribution is 0.367. The second-order valence-corrected chi connectivity index (χ2v) is 4.29. The Hall–Kier alpha value is -2.49. The molecule has 98 valence electrons. The summed E-state index contributed by atoms with van der Waals surface area (Å²) in [5.41, 5.74) is 1.57. The molecule has 0 atom stereocenters. The highest BCUT2D eigenvalue weighted by molar-refractivity contribution is 6.01. The first-order valence-corrected chi connectivity index (χ1v) is 5.95.